The molecular formula is C16H14O5. The van der Waals surface area contributed by atoms with Crippen LogP contribution in [0.25, 0.3) is 12.2 Å². The third-order valence-electron chi connectivity index (χ3n) is 2.68. The summed E-state index contributed by atoms with van der Waals surface area (Å²) in [6, 6.07) is 8.92. The summed E-state index contributed by atoms with van der Waals surface area (Å²) < 4.78 is 4.95. The number of carbonyl (C=O) groups excluding carboxylic acids is 1. The second-order valence-corrected chi connectivity index (χ2v) is 4.40. The van der Waals surface area contributed by atoms with Gasteiger partial charge in [0, 0.05) is 18.6 Å². The highest BCUT2D eigenvalue weighted by Gasteiger charge is 2.12. The molecule has 108 valence electrons. The van der Waals surface area contributed by atoms with E-state index < -0.39 is 5.97 Å². The molecule has 0 spiro atoms. The average molecular weight is 286 g/mol. The molecule has 0 atom stereocenters. The van der Waals surface area contributed by atoms with Gasteiger partial charge in [-0.3, -0.25) is 4.79 Å². The van der Waals surface area contributed by atoms with Crippen molar-refractivity contribution in [2.75, 3.05) is 0 Å². The van der Waals surface area contributed by atoms with Gasteiger partial charge in [-0.05, 0) is 23.8 Å². The molecule has 21 heavy (non-hydrogen) atoms. The number of carbonyl (C=O) groups is 1. The van der Waals surface area contributed by atoms with E-state index in [2.05, 4.69) is 0 Å². The monoisotopic (exact) mass is 286 g/mol. The number of benzene rings is 2. The molecule has 0 fully saturated rings. The molecule has 2 aromatic rings. The molecule has 0 aliphatic rings. The van der Waals surface area contributed by atoms with E-state index in [0.29, 0.717) is 5.56 Å². The van der Waals surface area contributed by atoms with Crippen LogP contribution in [0.1, 0.15) is 18.1 Å². The van der Waals surface area contributed by atoms with E-state index in [1.807, 2.05) is 0 Å². The molecule has 0 radical (unpaired) electrons. The van der Waals surface area contributed by atoms with Crippen LogP contribution < -0.4 is 4.74 Å². The number of phenols is 3. The van der Waals surface area contributed by atoms with Crippen molar-refractivity contribution in [2.45, 2.75) is 6.92 Å². The normalized spacial score (nSPS) is 10.7. The predicted octanol–water partition coefficient (Wildman–Crippen LogP) is 2.90. The zero-order valence-electron chi connectivity index (χ0n) is 11.3. The molecule has 2 aromatic carbocycles. The fourth-order valence-corrected chi connectivity index (χ4v) is 1.77. The zero-order valence-corrected chi connectivity index (χ0v) is 11.3. The molecule has 0 saturated heterocycles. The molecule has 2 rings (SSSR count). The van der Waals surface area contributed by atoms with Gasteiger partial charge in [0.2, 0.25) is 0 Å². The minimum atomic E-state index is -0.574. The van der Waals surface area contributed by atoms with Crippen LogP contribution in [-0.4, -0.2) is 21.3 Å². The molecule has 0 bridgehead atoms. The Bertz CT molecular complexity index is 687. The summed E-state index contributed by atoms with van der Waals surface area (Å²) >= 11 is 0. The quantitative estimate of drug-likeness (QED) is 0.459. The number of phenolic OH excluding ortho intramolecular Hbond substituents is 3. The van der Waals surface area contributed by atoms with Crippen molar-refractivity contribution >= 4 is 18.1 Å². The summed E-state index contributed by atoms with van der Waals surface area (Å²) in [5.41, 5.74) is 1.15. The molecule has 0 heterocycles. The van der Waals surface area contributed by atoms with Gasteiger partial charge in [-0.25, -0.2) is 0 Å². The van der Waals surface area contributed by atoms with E-state index in [1.54, 1.807) is 24.3 Å². The summed E-state index contributed by atoms with van der Waals surface area (Å²) in [6.07, 6.45) is 3.28. The fraction of sp³-hybridized carbons (Fsp3) is 0.0625. The summed E-state index contributed by atoms with van der Waals surface area (Å²) in [4.78, 5) is 11.1. The molecule has 0 saturated carbocycles. The first-order chi connectivity index (χ1) is 9.95. The fourth-order valence-electron chi connectivity index (χ4n) is 1.77. The maximum absolute atomic E-state index is 11.1. The smallest absolute Gasteiger partial charge is 0.308 e. The van der Waals surface area contributed by atoms with Gasteiger partial charge < -0.3 is 20.1 Å². The van der Waals surface area contributed by atoms with Crippen LogP contribution in [0.2, 0.25) is 0 Å². The highest BCUT2D eigenvalue weighted by atomic mass is 16.5. The predicted molar refractivity (Wildman–Crippen MR) is 78.1 cm³/mol. The maximum atomic E-state index is 11.1. The maximum Gasteiger partial charge on any atom is 0.308 e. The van der Waals surface area contributed by atoms with E-state index in [4.69, 9.17) is 4.74 Å². The van der Waals surface area contributed by atoms with Crippen molar-refractivity contribution in [2.24, 2.45) is 0 Å². The Labute approximate surface area is 121 Å². The van der Waals surface area contributed by atoms with Gasteiger partial charge >= 0.3 is 5.97 Å². The van der Waals surface area contributed by atoms with Crippen molar-refractivity contribution in [3.8, 4) is 23.0 Å². The van der Waals surface area contributed by atoms with E-state index in [0.717, 1.165) is 11.6 Å². The van der Waals surface area contributed by atoms with Crippen LogP contribution >= 0.6 is 0 Å². The third-order valence-corrected chi connectivity index (χ3v) is 2.68. The minimum absolute atomic E-state index is 0.0182. The van der Waals surface area contributed by atoms with Crippen LogP contribution in [0, 0.1) is 0 Å². The second kappa shape index (κ2) is 6.00. The molecule has 0 unspecified atom stereocenters. The Morgan fingerprint density at radius 3 is 2.29 bits per heavy atom. The number of hydrogen-bond acceptors (Lipinski definition) is 5. The summed E-state index contributed by atoms with van der Waals surface area (Å²) in [7, 11) is 0. The summed E-state index contributed by atoms with van der Waals surface area (Å²) in [6.45, 7) is 1.22. The molecule has 3 N–H and O–H groups in total. The molecule has 5 nitrogen and oxygen atoms in total. The topological polar surface area (TPSA) is 87.0 Å². The molecule has 5 heteroatoms. The summed E-state index contributed by atoms with van der Waals surface area (Å²) in [5, 5.41) is 28.5. The third kappa shape index (κ3) is 3.76. The number of rotatable bonds is 3. The van der Waals surface area contributed by atoms with Crippen molar-refractivity contribution in [3.63, 3.8) is 0 Å². The van der Waals surface area contributed by atoms with Crippen LogP contribution in [0.5, 0.6) is 23.0 Å². The number of ether oxygens (including phenoxy) is 1. The molecular weight excluding hydrogens is 272 g/mol. The number of esters is 1. The Hall–Kier alpha value is -2.95. The van der Waals surface area contributed by atoms with Crippen LogP contribution in [0.15, 0.2) is 36.4 Å². The standard InChI is InChI=1S/C16H14O5/c1-10(17)21-16-12(8-14(19)9-15(16)20)5-2-11-3-6-13(18)7-4-11/h2-9,18-20H,1H3/b5-2+. The molecule has 0 amide bonds. The van der Waals surface area contributed by atoms with Crippen molar-refractivity contribution in [1.29, 1.82) is 0 Å². The first-order valence-electron chi connectivity index (χ1n) is 6.17. The van der Waals surface area contributed by atoms with Gasteiger partial charge in [0.05, 0.1) is 0 Å². The van der Waals surface area contributed by atoms with Gasteiger partial charge in [-0.1, -0.05) is 24.3 Å². The zero-order chi connectivity index (χ0) is 15.4. The lowest BCUT2D eigenvalue weighted by atomic mass is 10.1. The van der Waals surface area contributed by atoms with Crippen molar-refractivity contribution in [1.82, 2.24) is 0 Å². The largest absolute Gasteiger partial charge is 0.508 e. The molecule has 0 aliphatic carbocycles. The lowest BCUT2D eigenvalue weighted by molar-refractivity contribution is -0.132. The molecule has 0 aromatic heterocycles. The highest BCUT2D eigenvalue weighted by Crippen LogP contribution is 2.35. The van der Waals surface area contributed by atoms with Gasteiger partial charge in [0.1, 0.15) is 11.5 Å². The number of hydrogen-bond donors (Lipinski definition) is 3. The number of aromatic hydroxyl groups is 3. The average Bonchev–Trinajstić information content (AvgIpc) is 2.41. The van der Waals surface area contributed by atoms with Gasteiger partial charge in [0.15, 0.2) is 11.5 Å². The van der Waals surface area contributed by atoms with Crippen molar-refractivity contribution in [3.05, 3.63) is 47.5 Å². The Morgan fingerprint density at radius 1 is 1.00 bits per heavy atom. The lowest BCUT2D eigenvalue weighted by Crippen LogP contribution is -2.03. The highest BCUT2D eigenvalue weighted by molar-refractivity contribution is 5.79. The van der Waals surface area contributed by atoms with E-state index >= 15 is 0 Å². The Balaban J connectivity index is 2.37. The summed E-state index contributed by atoms with van der Waals surface area (Å²) in [5.74, 6) is -0.905. The van der Waals surface area contributed by atoms with Crippen LogP contribution in [0.3, 0.4) is 0 Å². The first-order valence-corrected chi connectivity index (χ1v) is 6.17. The lowest BCUT2D eigenvalue weighted by Gasteiger charge is -2.08. The van der Waals surface area contributed by atoms with Crippen LogP contribution in [-0.2, 0) is 4.79 Å². The van der Waals surface area contributed by atoms with Gasteiger partial charge in [-0.2, -0.15) is 0 Å². The van der Waals surface area contributed by atoms with Crippen LogP contribution in [0.4, 0.5) is 0 Å². The second-order valence-electron chi connectivity index (χ2n) is 4.40. The first kappa shape index (κ1) is 14.5. The molecule has 0 aliphatic heterocycles. The van der Waals surface area contributed by atoms with Gasteiger partial charge in [0.25, 0.3) is 0 Å². The van der Waals surface area contributed by atoms with Gasteiger partial charge in [-0.15, -0.1) is 0 Å². The van der Waals surface area contributed by atoms with Crippen molar-refractivity contribution < 1.29 is 24.9 Å². The Morgan fingerprint density at radius 2 is 1.67 bits per heavy atom. The Kier molecular flexibility index (Phi) is 4.13. The van der Waals surface area contributed by atoms with E-state index in [-0.39, 0.29) is 23.0 Å². The minimum Gasteiger partial charge on any atom is -0.508 e. The van der Waals surface area contributed by atoms with E-state index in [1.165, 1.54) is 25.1 Å². The van der Waals surface area contributed by atoms with E-state index in [9.17, 15) is 20.1 Å². The SMILES string of the molecule is CC(=O)Oc1c(O)cc(O)cc1/C=C/c1ccc(O)cc1.